The number of rotatable bonds is 4. The Morgan fingerprint density at radius 2 is 1.73 bits per heavy atom. The molecule has 5 heteroatoms. The molecule has 1 aromatic carbocycles. The van der Waals surface area contributed by atoms with Crippen molar-refractivity contribution in [1.82, 2.24) is 9.80 Å². The fourth-order valence-electron chi connectivity index (χ4n) is 2.73. The number of carbonyl (C=O) groups excluding carboxylic acids is 2. The van der Waals surface area contributed by atoms with E-state index in [4.69, 9.17) is 5.73 Å². The number of hydrogen-bond acceptors (Lipinski definition) is 3. The van der Waals surface area contributed by atoms with Crippen molar-refractivity contribution in [2.24, 2.45) is 5.73 Å². The van der Waals surface area contributed by atoms with Gasteiger partial charge in [-0.05, 0) is 25.3 Å². The molecule has 1 aromatic rings. The molecular formula is C17H25N3O2. The van der Waals surface area contributed by atoms with Crippen molar-refractivity contribution in [2.45, 2.75) is 32.2 Å². The van der Waals surface area contributed by atoms with Crippen LogP contribution in [0.2, 0.25) is 0 Å². The molecule has 1 heterocycles. The lowest BCUT2D eigenvalue weighted by molar-refractivity contribution is -0.134. The number of nitrogens with zero attached hydrogens (tertiary/aromatic N) is 2. The summed E-state index contributed by atoms with van der Waals surface area (Å²) in [5, 5.41) is 0. The second-order valence-electron chi connectivity index (χ2n) is 5.83. The van der Waals surface area contributed by atoms with Crippen molar-refractivity contribution < 1.29 is 9.59 Å². The second-order valence-corrected chi connectivity index (χ2v) is 5.83. The normalized spacial score (nSPS) is 17.0. The molecule has 2 rings (SSSR count). The molecule has 0 spiro atoms. The maximum absolute atomic E-state index is 12.3. The Balaban J connectivity index is 1.83. The van der Waals surface area contributed by atoms with Crippen LogP contribution in [0.5, 0.6) is 0 Å². The molecule has 1 aliphatic rings. The molecular weight excluding hydrogens is 278 g/mol. The van der Waals surface area contributed by atoms with Gasteiger partial charge >= 0.3 is 0 Å². The molecule has 1 aliphatic heterocycles. The van der Waals surface area contributed by atoms with Gasteiger partial charge in [-0.15, -0.1) is 0 Å². The molecule has 22 heavy (non-hydrogen) atoms. The molecule has 0 radical (unpaired) electrons. The minimum absolute atomic E-state index is 0.0291. The van der Waals surface area contributed by atoms with Gasteiger partial charge in [-0.1, -0.05) is 30.3 Å². The molecule has 0 aromatic heterocycles. The Kier molecular flexibility index (Phi) is 5.95. The van der Waals surface area contributed by atoms with Gasteiger partial charge in [0.1, 0.15) is 0 Å². The van der Waals surface area contributed by atoms with E-state index >= 15 is 0 Å². The zero-order valence-corrected chi connectivity index (χ0v) is 13.2. The first-order chi connectivity index (χ1) is 10.6. The lowest BCUT2D eigenvalue weighted by Gasteiger charge is -2.23. The first-order valence-electron chi connectivity index (χ1n) is 7.94. The molecule has 0 bridgehead atoms. The molecule has 1 atom stereocenters. The van der Waals surface area contributed by atoms with Gasteiger partial charge in [-0.2, -0.15) is 0 Å². The number of amides is 2. The molecule has 2 N–H and O–H groups in total. The molecule has 2 amide bonds. The van der Waals surface area contributed by atoms with Crippen LogP contribution < -0.4 is 5.73 Å². The summed E-state index contributed by atoms with van der Waals surface area (Å²) in [6.07, 6.45) is 2.10. The molecule has 120 valence electrons. The predicted octanol–water partition coefficient (Wildman–Crippen LogP) is 1.03. The molecule has 0 aliphatic carbocycles. The predicted molar refractivity (Wildman–Crippen MR) is 86.2 cm³/mol. The number of carbonyl (C=O) groups is 2. The van der Waals surface area contributed by atoms with E-state index in [-0.39, 0.29) is 11.8 Å². The smallest absolute Gasteiger partial charge is 0.239 e. The summed E-state index contributed by atoms with van der Waals surface area (Å²) in [4.78, 5) is 27.9. The lowest BCUT2D eigenvalue weighted by atomic mass is 10.1. The summed E-state index contributed by atoms with van der Waals surface area (Å²) in [5.41, 5.74) is 6.83. The molecule has 5 nitrogen and oxygen atoms in total. The zero-order valence-electron chi connectivity index (χ0n) is 13.2. The van der Waals surface area contributed by atoms with Crippen LogP contribution in [0.3, 0.4) is 0 Å². The van der Waals surface area contributed by atoms with Gasteiger partial charge in [0.2, 0.25) is 11.8 Å². The number of hydrogen-bond donors (Lipinski definition) is 1. The highest BCUT2D eigenvalue weighted by atomic mass is 16.2. The fourth-order valence-corrected chi connectivity index (χ4v) is 2.73. The molecule has 0 unspecified atom stereocenters. The minimum Gasteiger partial charge on any atom is -0.341 e. The molecule has 1 fully saturated rings. The maximum Gasteiger partial charge on any atom is 0.239 e. The average Bonchev–Trinajstić information content (AvgIpc) is 2.78. The summed E-state index contributed by atoms with van der Waals surface area (Å²) in [7, 11) is 0. The monoisotopic (exact) mass is 303 g/mol. The van der Waals surface area contributed by atoms with Crippen LogP contribution in [0, 0.1) is 0 Å². The third-order valence-electron chi connectivity index (χ3n) is 4.02. The van der Waals surface area contributed by atoms with Crippen LogP contribution in [0.1, 0.15) is 25.3 Å². The number of aryl methyl sites for hydroxylation is 1. The van der Waals surface area contributed by atoms with Gasteiger partial charge in [0.25, 0.3) is 0 Å². The van der Waals surface area contributed by atoms with E-state index in [9.17, 15) is 9.59 Å². The first-order valence-corrected chi connectivity index (χ1v) is 7.94. The SMILES string of the molecule is C[C@@H](N)C(=O)N1CCCN(C(=O)CCc2ccccc2)CC1. The Morgan fingerprint density at radius 1 is 1.09 bits per heavy atom. The van der Waals surface area contributed by atoms with Gasteiger partial charge in [-0.3, -0.25) is 9.59 Å². The van der Waals surface area contributed by atoms with Crippen molar-refractivity contribution in [2.75, 3.05) is 26.2 Å². The summed E-state index contributed by atoms with van der Waals surface area (Å²) in [6, 6.07) is 9.56. The summed E-state index contributed by atoms with van der Waals surface area (Å²) >= 11 is 0. The fraction of sp³-hybridized carbons (Fsp3) is 0.529. The van der Waals surface area contributed by atoms with Crippen LogP contribution in [0.4, 0.5) is 0 Å². The van der Waals surface area contributed by atoms with Crippen molar-refractivity contribution in [3.8, 4) is 0 Å². The number of nitrogens with two attached hydrogens (primary N) is 1. The average molecular weight is 303 g/mol. The Hall–Kier alpha value is -1.88. The van der Waals surface area contributed by atoms with Crippen molar-refractivity contribution in [1.29, 1.82) is 0 Å². The maximum atomic E-state index is 12.3. The van der Waals surface area contributed by atoms with E-state index in [0.717, 1.165) is 19.4 Å². The summed E-state index contributed by atoms with van der Waals surface area (Å²) in [5.74, 6) is 0.137. The van der Waals surface area contributed by atoms with Gasteiger partial charge in [0.05, 0.1) is 6.04 Å². The van der Waals surface area contributed by atoms with Crippen LogP contribution >= 0.6 is 0 Å². The van der Waals surface area contributed by atoms with Crippen LogP contribution in [0.25, 0.3) is 0 Å². The van der Waals surface area contributed by atoms with E-state index < -0.39 is 6.04 Å². The Labute approximate surface area is 132 Å². The number of benzene rings is 1. The van der Waals surface area contributed by atoms with Crippen LogP contribution in [-0.4, -0.2) is 53.8 Å². The van der Waals surface area contributed by atoms with E-state index in [1.54, 1.807) is 11.8 Å². The van der Waals surface area contributed by atoms with Gasteiger partial charge in [0, 0.05) is 32.6 Å². The second kappa shape index (κ2) is 7.94. The van der Waals surface area contributed by atoms with Gasteiger partial charge in [-0.25, -0.2) is 0 Å². The third-order valence-corrected chi connectivity index (χ3v) is 4.02. The largest absolute Gasteiger partial charge is 0.341 e. The quantitative estimate of drug-likeness (QED) is 0.903. The molecule has 1 saturated heterocycles. The zero-order chi connectivity index (χ0) is 15.9. The lowest BCUT2D eigenvalue weighted by Crippen LogP contribution is -2.44. The van der Waals surface area contributed by atoms with Crippen LogP contribution in [0.15, 0.2) is 30.3 Å². The topological polar surface area (TPSA) is 66.6 Å². The van der Waals surface area contributed by atoms with Gasteiger partial charge < -0.3 is 15.5 Å². The Bertz CT molecular complexity index is 502. The summed E-state index contributed by atoms with van der Waals surface area (Å²) < 4.78 is 0. The molecule has 0 saturated carbocycles. The van der Waals surface area contributed by atoms with Crippen molar-refractivity contribution in [3.05, 3.63) is 35.9 Å². The van der Waals surface area contributed by atoms with Gasteiger partial charge in [0.15, 0.2) is 0 Å². The van der Waals surface area contributed by atoms with E-state index in [1.807, 2.05) is 35.2 Å². The van der Waals surface area contributed by atoms with E-state index in [0.29, 0.717) is 26.1 Å². The highest BCUT2D eigenvalue weighted by Gasteiger charge is 2.23. The van der Waals surface area contributed by atoms with E-state index in [1.165, 1.54) is 5.56 Å². The minimum atomic E-state index is -0.472. The standard InChI is InChI=1S/C17H25N3O2/c1-14(18)17(22)20-11-5-10-19(12-13-20)16(21)9-8-15-6-3-2-4-7-15/h2-4,6-7,14H,5,8-13,18H2,1H3/t14-/m1/s1. The highest BCUT2D eigenvalue weighted by molar-refractivity contribution is 5.81. The van der Waals surface area contributed by atoms with E-state index in [2.05, 4.69) is 0 Å². The van der Waals surface area contributed by atoms with Crippen molar-refractivity contribution in [3.63, 3.8) is 0 Å². The van der Waals surface area contributed by atoms with Crippen molar-refractivity contribution >= 4 is 11.8 Å². The first kappa shape index (κ1) is 16.5. The summed E-state index contributed by atoms with van der Waals surface area (Å²) in [6.45, 7) is 4.29. The van der Waals surface area contributed by atoms with Crippen LogP contribution in [-0.2, 0) is 16.0 Å². The Morgan fingerprint density at radius 3 is 2.41 bits per heavy atom. The third kappa shape index (κ3) is 4.56. The highest BCUT2D eigenvalue weighted by Crippen LogP contribution is 2.09.